The quantitative estimate of drug-likeness (QED) is 0.401. The Balaban J connectivity index is 1.21. The first-order valence-corrected chi connectivity index (χ1v) is 12.8. The molecular weight excluding hydrogens is 492 g/mol. The first kappa shape index (κ1) is 25.1. The normalized spacial score (nSPS) is 19.5. The third-order valence-electron chi connectivity index (χ3n) is 7.67. The number of benzene rings is 2. The summed E-state index contributed by atoms with van der Waals surface area (Å²) in [6.45, 7) is 3.91. The summed E-state index contributed by atoms with van der Waals surface area (Å²) >= 11 is 0. The molecule has 2 aliphatic heterocycles. The zero-order valence-electron chi connectivity index (χ0n) is 21.9. The Morgan fingerprint density at radius 3 is 2.74 bits per heavy atom. The summed E-state index contributed by atoms with van der Waals surface area (Å²) in [5.41, 5.74) is 5.50. The first-order valence-electron chi connectivity index (χ1n) is 12.8. The number of nitrogens with zero attached hydrogens (tertiary/aromatic N) is 3. The third-order valence-corrected chi connectivity index (χ3v) is 7.67. The molecular formula is C31H28N4O4. The molecule has 0 aliphatic carbocycles. The molecule has 0 radical (unpaired) electrons. The second-order valence-corrected chi connectivity index (χ2v) is 10.3. The van der Waals surface area contributed by atoms with Gasteiger partial charge in [0.1, 0.15) is 11.0 Å². The van der Waals surface area contributed by atoms with Crippen LogP contribution in [0.1, 0.15) is 39.7 Å². The van der Waals surface area contributed by atoms with Crippen LogP contribution in [0.4, 0.5) is 0 Å². The first-order chi connectivity index (χ1) is 18.9. The summed E-state index contributed by atoms with van der Waals surface area (Å²) in [6, 6.07) is 21.8. The van der Waals surface area contributed by atoms with Crippen molar-refractivity contribution in [3.63, 3.8) is 0 Å². The Bertz CT molecular complexity index is 1620. The van der Waals surface area contributed by atoms with Crippen molar-refractivity contribution in [3.05, 3.63) is 94.8 Å². The molecule has 39 heavy (non-hydrogen) atoms. The topological polar surface area (TPSA) is 106 Å². The lowest BCUT2D eigenvalue weighted by atomic mass is 9.79. The number of nitriles is 1. The van der Waals surface area contributed by atoms with E-state index in [0.717, 1.165) is 38.9 Å². The molecule has 196 valence electrons. The number of methoxy groups -OCH3 is 1. The summed E-state index contributed by atoms with van der Waals surface area (Å²) in [5.74, 6) is -0.225. The van der Waals surface area contributed by atoms with E-state index in [1.54, 1.807) is 25.4 Å². The van der Waals surface area contributed by atoms with Gasteiger partial charge in [0.25, 0.3) is 5.91 Å². The Hall–Kier alpha value is -4.16. The SMILES string of the molecule is COC1(c2cccc(-c3ccc4cnc(CNC(=O)c5ccc6c(c5)[C@](C)(C#N)COC6)cc4n3)c2)COC1. The van der Waals surface area contributed by atoms with Crippen LogP contribution in [-0.4, -0.2) is 42.8 Å². The van der Waals surface area contributed by atoms with Gasteiger partial charge in [-0.25, -0.2) is 4.98 Å². The number of hydrogen-bond acceptors (Lipinski definition) is 7. The number of rotatable bonds is 6. The smallest absolute Gasteiger partial charge is 0.251 e. The van der Waals surface area contributed by atoms with Gasteiger partial charge in [0.05, 0.1) is 55.9 Å². The highest BCUT2D eigenvalue weighted by atomic mass is 16.6. The molecule has 8 nitrogen and oxygen atoms in total. The molecule has 0 saturated carbocycles. The fourth-order valence-corrected chi connectivity index (χ4v) is 5.13. The predicted molar refractivity (Wildman–Crippen MR) is 145 cm³/mol. The average Bonchev–Trinajstić information content (AvgIpc) is 2.95. The Morgan fingerprint density at radius 2 is 1.97 bits per heavy atom. The van der Waals surface area contributed by atoms with Gasteiger partial charge in [-0.1, -0.05) is 24.3 Å². The molecule has 1 atom stereocenters. The van der Waals surface area contributed by atoms with E-state index >= 15 is 0 Å². The number of aromatic nitrogens is 2. The van der Waals surface area contributed by atoms with E-state index in [9.17, 15) is 10.1 Å². The maximum Gasteiger partial charge on any atom is 0.251 e. The molecule has 2 aliphatic rings. The highest BCUT2D eigenvalue weighted by molar-refractivity contribution is 5.94. The minimum atomic E-state index is -0.775. The largest absolute Gasteiger partial charge is 0.375 e. The maximum atomic E-state index is 13.0. The van der Waals surface area contributed by atoms with Crippen LogP contribution in [0, 0.1) is 11.3 Å². The van der Waals surface area contributed by atoms with Gasteiger partial charge in [-0.05, 0) is 60.0 Å². The number of fused-ring (bicyclic) bond motifs is 2. The van der Waals surface area contributed by atoms with Gasteiger partial charge in [-0.3, -0.25) is 9.78 Å². The van der Waals surface area contributed by atoms with Crippen molar-refractivity contribution in [2.45, 2.75) is 31.1 Å². The summed E-state index contributed by atoms with van der Waals surface area (Å²) in [6.07, 6.45) is 1.77. The van der Waals surface area contributed by atoms with Crippen LogP contribution in [0.15, 0.2) is 66.9 Å². The number of carbonyl (C=O) groups excluding carboxylic acids is 1. The summed E-state index contributed by atoms with van der Waals surface area (Å²) in [7, 11) is 1.71. The third kappa shape index (κ3) is 4.55. The molecule has 4 aromatic rings. The fourth-order valence-electron chi connectivity index (χ4n) is 5.13. The van der Waals surface area contributed by atoms with Gasteiger partial charge >= 0.3 is 0 Å². The van der Waals surface area contributed by atoms with Gasteiger partial charge in [0.15, 0.2) is 0 Å². The van der Waals surface area contributed by atoms with Crippen molar-refractivity contribution in [2.75, 3.05) is 26.9 Å². The standard InChI is InChI=1S/C31H28N4O4/c1-30(16-32)17-38-15-23-7-6-21(11-26(23)30)29(36)34-14-25-12-28-22(13-33-25)8-9-27(35-28)20-4-3-5-24(10-20)31(37-2)18-39-19-31/h3-13H,14-15,17-19H2,1-2H3,(H,34,36)/t30-/m1/s1. The molecule has 1 saturated heterocycles. The van der Waals surface area contributed by atoms with Crippen molar-refractivity contribution in [1.29, 1.82) is 5.26 Å². The van der Waals surface area contributed by atoms with Crippen LogP contribution >= 0.6 is 0 Å². The Labute approximate surface area is 226 Å². The number of pyridine rings is 2. The van der Waals surface area contributed by atoms with E-state index < -0.39 is 11.0 Å². The van der Waals surface area contributed by atoms with Crippen LogP contribution in [-0.2, 0) is 38.4 Å². The van der Waals surface area contributed by atoms with Gasteiger partial charge in [-0.2, -0.15) is 5.26 Å². The molecule has 1 fully saturated rings. The molecule has 6 rings (SSSR count). The maximum absolute atomic E-state index is 13.0. The van der Waals surface area contributed by atoms with Crippen molar-refractivity contribution >= 4 is 16.8 Å². The number of carbonyl (C=O) groups is 1. The highest BCUT2D eigenvalue weighted by Gasteiger charge is 2.40. The van der Waals surface area contributed by atoms with Crippen LogP contribution in [0.3, 0.4) is 0 Å². The molecule has 2 aromatic carbocycles. The molecule has 0 unspecified atom stereocenters. The van der Waals surface area contributed by atoms with E-state index in [1.807, 2.05) is 43.3 Å². The van der Waals surface area contributed by atoms with Crippen LogP contribution in [0.5, 0.6) is 0 Å². The van der Waals surface area contributed by atoms with E-state index in [1.165, 1.54) is 0 Å². The minimum absolute atomic E-state index is 0.225. The molecule has 8 heteroatoms. The van der Waals surface area contributed by atoms with E-state index in [4.69, 9.17) is 19.2 Å². The highest BCUT2D eigenvalue weighted by Crippen LogP contribution is 2.35. The van der Waals surface area contributed by atoms with Crippen LogP contribution < -0.4 is 5.32 Å². The monoisotopic (exact) mass is 520 g/mol. The number of hydrogen-bond donors (Lipinski definition) is 1. The molecule has 4 heterocycles. The second-order valence-electron chi connectivity index (χ2n) is 10.3. The lowest BCUT2D eigenvalue weighted by molar-refractivity contribution is -0.202. The summed E-state index contributed by atoms with van der Waals surface area (Å²) in [5, 5.41) is 13.5. The van der Waals surface area contributed by atoms with Crippen molar-refractivity contribution in [3.8, 4) is 17.3 Å². The Kier molecular flexibility index (Phi) is 6.35. The molecule has 1 amide bonds. The fraction of sp³-hybridized carbons (Fsp3) is 0.290. The number of nitrogens with one attached hydrogen (secondary N) is 1. The molecule has 0 bridgehead atoms. The lowest BCUT2D eigenvalue weighted by Crippen LogP contribution is -2.48. The summed E-state index contributed by atoms with van der Waals surface area (Å²) in [4.78, 5) is 22.4. The number of amides is 1. The van der Waals surface area contributed by atoms with Crippen molar-refractivity contribution in [2.24, 2.45) is 0 Å². The Morgan fingerprint density at radius 1 is 1.10 bits per heavy atom. The molecule has 2 aromatic heterocycles. The lowest BCUT2D eigenvalue weighted by Gasteiger charge is -2.40. The van der Waals surface area contributed by atoms with Gasteiger partial charge < -0.3 is 19.5 Å². The van der Waals surface area contributed by atoms with Crippen LogP contribution in [0.2, 0.25) is 0 Å². The predicted octanol–water partition coefficient (Wildman–Crippen LogP) is 4.41. The zero-order valence-corrected chi connectivity index (χ0v) is 21.9. The van der Waals surface area contributed by atoms with E-state index in [2.05, 4.69) is 28.5 Å². The van der Waals surface area contributed by atoms with Gasteiger partial charge in [0.2, 0.25) is 0 Å². The number of ether oxygens (including phenoxy) is 3. The van der Waals surface area contributed by atoms with Gasteiger partial charge in [-0.15, -0.1) is 0 Å². The minimum Gasteiger partial charge on any atom is -0.375 e. The van der Waals surface area contributed by atoms with Crippen molar-refractivity contribution < 1.29 is 19.0 Å². The second kappa shape index (κ2) is 9.86. The molecule has 0 spiro atoms. The van der Waals surface area contributed by atoms with Crippen molar-refractivity contribution in [1.82, 2.24) is 15.3 Å². The summed E-state index contributed by atoms with van der Waals surface area (Å²) < 4.78 is 16.7. The molecule has 1 N–H and O–H groups in total. The average molecular weight is 521 g/mol. The van der Waals surface area contributed by atoms with Crippen LogP contribution in [0.25, 0.3) is 22.2 Å². The zero-order chi connectivity index (χ0) is 27.0. The van der Waals surface area contributed by atoms with E-state index in [0.29, 0.717) is 37.7 Å². The van der Waals surface area contributed by atoms with Gasteiger partial charge in [0, 0.05) is 29.8 Å². The van der Waals surface area contributed by atoms with E-state index in [-0.39, 0.29) is 12.5 Å².